The maximum absolute atomic E-state index is 11.9. The summed E-state index contributed by atoms with van der Waals surface area (Å²) in [5.41, 5.74) is 0.199. The zero-order valence-corrected chi connectivity index (χ0v) is 11.1. The smallest absolute Gasteiger partial charge is 0.294 e. The highest BCUT2D eigenvalue weighted by atomic mass is 35.5. The lowest BCUT2D eigenvalue weighted by Gasteiger charge is -2.15. The predicted octanol–water partition coefficient (Wildman–Crippen LogP) is 2.38. The largest absolute Gasteiger partial charge is 0.381 e. The number of carbonyl (C=O) groups excluding carboxylic acids is 1. The Morgan fingerprint density at radius 1 is 1.56 bits per heavy atom. The van der Waals surface area contributed by atoms with Gasteiger partial charge in [0.15, 0.2) is 0 Å². The van der Waals surface area contributed by atoms with Crippen molar-refractivity contribution in [3.05, 3.63) is 32.8 Å². The summed E-state index contributed by atoms with van der Waals surface area (Å²) in [7, 11) is 3.15. The van der Waals surface area contributed by atoms with E-state index in [0.29, 0.717) is 6.54 Å². The molecule has 1 N–H and O–H groups in total. The Bertz CT molecular complexity index is 491. The summed E-state index contributed by atoms with van der Waals surface area (Å²) in [6, 6.07) is 2.65. The minimum Gasteiger partial charge on any atom is -0.381 e. The van der Waals surface area contributed by atoms with Gasteiger partial charge < -0.3 is 10.2 Å². The highest BCUT2D eigenvalue weighted by Gasteiger charge is 2.21. The molecule has 6 nitrogen and oxygen atoms in total. The first-order chi connectivity index (χ1) is 8.42. The van der Waals surface area contributed by atoms with Gasteiger partial charge in [0, 0.05) is 32.3 Å². The Balaban J connectivity index is 3.33. The standard InChI is InChI=1S/C11H14ClN3O3/c1-4-14(3)11(16)7-5-8(12)10(13-2)9(6-7)15(17)18/h5-6,13H,4H2,1-3H3. The van der Waals surface area contributed by atoms with Gasteiger partial charge in [-0.05, 0) is 13.0 Å². The second-order valence-electron chi connectivity index (χ2n) is 3.68. The fraction of sp³-hybridized carbons (Fsp3) is 0.364. The molecule has 1 rings (SSSR count). The fourth-order valence-corrected chi connectivity index (χ4v) is 1.78. The van der Waals surface area contributed by atoms with E-state index in [0.717, 1.165) is 0 Å². The van der Waals surface area contributed by atoms with Crippen molar-refractivity contribution < 1.29 is 9.72 Å². The van der Waals surface area contributed by atoms with E-state index in [9.17, 15) is 14.9 Å². The van der Waals surface area contributed by atoms with Gasteiger partial charge in [0.25, 0.3) is 11.6 Å². The molecule has 1 aromatic carbocycles. The van der Waals surface area contributed by atoms with E-state index in [1.54, 1.807) is 7.05 Å². The van der Waals surface area contributed by atoms with E-state index in [1.165, 1.54) is 24.1 Å². The van der Waals surface area contributed by atoms with E-state index in [2.05, 4.69) is 5.32 Å². The number of nitrogens with one attached hydrogen (secondary N) is 1. The number of nitrogens with zero attached hydrogens (tertiary/aromatic N) is 2. The van der Waals surface area contributed by atoms with E-state index in [4.69, 9.17) is 11.6 Å². The van der Waals surface area contributed by atoms with Gasteiger partial charge in [0.1, 0.15) is 5.69 Å². The number of rotatable bonds is 4. The van der Waals surface area contributed by atoms with Crippen LogP contribution in [0.2, 0.25) is 5.02 Å². The summed E-state index contributed by atoms with van der Waals surface area (Å²) in [5.74, 6) is -0.301. The minimum absolute atomic E-state index is 0.152. The lowest BCUT2D eigenvalue weighted by atomic mass is 10.1. The summed E-state index contributed by atoms with van der Waals surface area (Å²) < 4.78 is 0. The van der Waals surface area contributed by atoms with Crippen LogP contribution >= 0.6 is 11.6 Å². The molecular formula is C11H14ClN3O3. The molecule has 0 spiro atoms. The molecule has 1 aromatic rings. The molecule has 0 aromatic heterocycles. The van der Waals surface area contributed by atoms with Gasteiger partial charge in [-0.25, -0.2) is 0 Å². The molecule has 0 radical (unpaired) electrons. The van der Waals surface area contributed by atoms with E-state index >= 15 is 0 Å². The molecular weight excluding hydrogens is 258 g/mol. The Kier molecular flexibility index (Phi) is 4.49. The van der Waals surface area contributed by atoms with Gasteiger partial charge >= 0.3 is 0 Å². The molecule has 0 aliphatic heterocycles. The third kappa shape index (κ3) is 2.70. The predicted molar refractivity (Wildman–Crippen MR) is 70.3 cm³/mol. The van der Waals surface area contributed by atoms with Crippen molar-refractivity contribution in [2.75, 3.05) is 26.0 Å². The lowest BCUT2D eigenvalue weighted by Crippen LogP contribution is -2.26. The van der Waals surface area contributed by atoms with Crippen molar-refractivity contribution in [3.63, 3.8) is 0 Å². The second-order valence-corrected chi connectivity index (χ2v) is 4.09. The fourth-order valence-electron chi connectivity index (χ4n) is 1.47. The van der Waals surface area contributed by atoms with E-state index in [-0.39, 0.29) is 27.9 Å². The highest BCUT2D eigenvalue weighted by Crippen LogP contribution is 2.33. The molecule has 0 unspecified atom stereocenters. The molecule has 0 heterocycles. The number of benzene rings is 1. The molecule has 98 valence electrons. The van der Waals surface area contributed by atoms with Gasteiger partial charge in [-0.15, -0.1) is 0 Å². The zero-order chi connectivity index (χ0) is 13.9. The molecule has 1 amide bonds. The zero-order valence-electron chi connectivity index (χ0n) is 10.4. The summed E-state index contributed by atoms with van der Waals surface area (Å²) >= 11 is 5.93. The molecule has 0 saturated carbocycles. The monoisotopic (exact) mass is 271 g/mol. The van der Waals surface area contributed by atoms with Crippen molar-refractivity contribution in [2.24, 2.45) is 0 Å². The SMILES string of the molecule is CCN(C)C(=O)c1cc(Cl)c(NC)c([N+](=O)[O-])c1. The summed E-state index contributed by atoms with van der Waals surface area (Å²) in [6.07, 6.45) is 0. The second kappa shape index (κ2) is 5.68. The van der Waals surface area contributed by atoms with Crippen molar-refractivity contribution >= 4 is 28.9 Å². The summed E-state index contributed by atoms with van der Waals surface area (Å²) in [5, 5.41) is 13.7. The third-order valence-electron chi connectivity index (χ3n) is 2.58. The van der Waals surface area contributed by atoms with Crippen LogP contribution in [0.15, 0.2) is 12.1 Å². The molecule has 0 saturated heterocycles. The Morgan fingerprint density at radius 3 is 2.61 bits per heavy atom. The van der Waals surface area contributed by atoms with Crippen LogP contribution in [0.4, 0.5) is 11.4 Å². The van der Waals surface area contributed by atoms with Crippen molar-refractivity contribution in [3.8, 4) is 0 Å². The molecule has 0 aliphatic carbocycles. The topological polar surface area (TPSA) is 75.5 Å². The number of hydrogen-bond acceptors (Lipinski definition) is 4. The number of anilines is 1. The van der Waals surface area contributed by atoms with Gasteiger partial charge in [0.05, 0.1) is 9.95 Å². The van der Waals surface area contributed by atoms with Crippen LogP contribution in [0.5, 0.6) is 0 Å². The van der Waals surface area contributed by atoms with E-state index in [1.807, 2.05) is 6.92 Å². The van der Waals surface area contributed by atoms with Crippen LogP contribution in [0.1, 0.15) is 17.3 Å². The normalized spacial score (nSPS) is 10.0. The molecule has 0 bridgehead atoms. The summed E-state index contributed by atoms with van der Waals surface area (Å²) in [4.78, 5) is 23.7. The van der Waals surface area contributed by atoms with Gasteiger partial charge in [-0.3, -0.25) is 14.9 Å². The van der Waals surface area contributed by atoms with Crippen LogP contribution in [0, 0.1) is 10.1 Å². The van der Waals surface area contributed by atoms with Crippen LogP contribution in [0.25, 0.3) is 0 Å². The quantitative estimate of drug-likeness (QED) is 0.674. The average molecular weight is 272 g/mol. The van der Waals surface area contributed by atoms with Crippen molar-refractivity contribution in [1.82, 2.24) is 4.90 Å². The van der Waals surface area contributed by atoms with E-state index < -0.39 is 4.92 Å². The first-order valence-electron chi connectivity index (χ1n) is 5.33. The number of nitro groups is 1. The molecule has 7 heteroatoms. The first kappa shape index (κ1) is 14.2. The lowest BCUT2D eigenvalue weighted by molar-refractivity contribution is -0.383. The third-order valence-corrected chi connectivity index (χ3v) is 2.88. The number of hydrogen-bond donors (Lipinski definition) is 1. The highest BCUT2D eigenvalue weighted by molar-refractivity contribution is 6.34. The number of carbonyl (C=O) groups is 1. The van der Waals surface area contributed by atoms with Crippen molar-refractivity contribution in [2.45, 2.75) is 6.92 Å². The Morgan fingerprint density at radius 2 is 2.17 bits per heavy atom. The van der Waals surface area contributed by atoms with Gasteiger partial charge in [-0.1, -0.05) is 11.6 Å². The molecule has 18 heavy (non-hydrogen) atoms. The Hall–Kier alpha value is -1.82. The maximum Gasteiger partial charge on any atom is 0.294 e. The average Bonchev–Trinajstić information content (AvgIpc) is 2.35. The van der Waals surface area contributed by atoms with Gasteiger partial charge in [0.2, 0.25) is 0 Å². The maximum atomic E-state index is 11.9. The summed E-state index contributed by atoms with van der Waals surface area (Å²) in [6.45, 7) is 2.33. The number of nitro benzene ring substituents is 1. The molecule has 0 atom stereocenters. The first-order valence-corrected chi connectivity index (χ1v) is 5.71. The van der Waals surface area contributed by atoms with Crippen LogP contribution in [0.3, 0.4) is 0 Å². The van der Waals surface area contributed by atoms with Crippen molar-refractivity contribution in [1.29, 1.82) is 0 Å². The molecule has 0 aliphatic rings. The van der Waals surface area contributed by atoms with Crippen LogP contribution < -0.4 is 5.32 Å². The minimum atomic E-state index is -0.569. The number of amides is 1. The molecule has 0 fully saturated rings. The van der Waals surface area contributed by atoms with Gasteiger partial charge in [-0.2, -0.15) is 0 Å². The Labute approximate surface area is 110 Å². The van der Waals surface area contributed by atoms with Crippen LogP contribution in [-0.4, -0.2) is 36.4 Å². The number of halogens is 1. The van der Waals surface area contributed by atoms with Crippen LogP contribution in [-0.2, 0) is 0 Å².